The van der Waals surface area contributed by atoms with Gasteiger partial charge in [0.25, 0.3) is 0 Å². The van der Waals surface area contributed by atoms with E-state index in [0.29, 0.717) is 37.0 Å². The van der Waals surface area contributed by atoms with Gasteiger partial charge in [0.1, 0.15) is 6.61 Å². The number of aliphatic hydroxyl groups excluding tert-OH is 1. The monoisotopic (exact) mass is 324 g/mol. The van der Waals surface area contributed by atoms with E-state index in [0.717, 1.165) is 19.3 Å². The zero-order chi connectivity index (χ0) is 16.2. The largest absolute Gasteiger partial charge is 0.459 e. The second kappa shape index (κ2) is 5.08. The van der Waals surface area contributed by atoms with Gasteiger partial charge >= 0.3 is 17.8 Å². The second-order valence-electron chi connectivity index (χ2n) is 7.34. The molecule has 0 aliphatic heterocycles. The predicted molar refractivity (Wildman–Crippen MR) is 68.5 cm³/mol. The number of hydrogen-bond donors (Lipinski definition) is 1. The Labute approximate surface area is 126 Å². The maximum Gasteiger partial charge on any atom is 0.345 e. The number of rotatable bonds is 5. The molecular formula is C15H20F4O3. The minimum atomic E-state index is -4.59. The van der Waals surface area contributed by atoms with Crippen LogP contribution in [0.5, 0.6) is 0 Å². The van der Waals surface area contributed by atoms with Crippen LogP contribution in [0.25, 0.3) is 0 Å². The minimum Gasteiger partial charge on any atom is -0.459 e. The molecule has 0 saturated heterocycles. The standard InChI is InChI=1S/C15H20F4O3/c16-14(17,7-20)15(18,19)8-22-12(21)13-4-9-1-10(5-13)3-11(2-9)6-13/h9-11,20H,1-8H2. The fourth-order valence-corrected chi connectivity index (χ4v) is 4.89. The van der Waals surface area contributed by atoms with Crippen molar-refractivity contribution in [1.82, 2.24) is 0 Å². The third-order valence-electron chi connectivity index (χ3n) is 5.59. The molecule has 22 heavy (non-hydrogen) atoms. The van der Waals surface area contributed by atoms with Crippen molar-refractivity contribution in [1.29, 1.82) is 0 Å². The van der Waals surface area contributed by atoms with Crippen LogP contribution in [0.2, 0.25) is 0 Å². The van der Waals surface area contributed by atoms with Gasteiger partial charge in [-0.3, -0.25) is 4.79 Å². The van der Waals surface area contributed by atoms with E-state index in [9.17, 15) is 22.4 Å². The summed E-state index contributed by atoms with van der Waals surface area (Å²) >= 11 is 0. The second-order valence-corrected chi connectivity index (χ2v) is 7.34. The maximum absolute atomic E-state index is 13.3. The summed E-state index contributed by atoms with van der Waals surface area (Å²) in [6, 6.07) is 0. The Bertz CT molecular complexity index is 428. The number of carbonyl (C=O) groups excluding carboxylic acids is 1. The Balaban J connectivity index is 1.65. The van der Waals surface area contributed by atoms with E-state index in [-0.39, 0.29) is 0 Å². The molecule has 0 atom stereocenters. The van der Waals surface area contributed by atoms with Gasteiger partial charge in [0.05, 0.1) is 5.41 Å². The number of esters is 1. The van der Waals surface area contributed by atoms with Crippen molar-refractivity contribution >= 4 is 5.97 Å². The highest BCUT2D eigenvalue weighted by molar-refractivity contribution is 5.77. The maximum atomic E-state index is 13.3. The van der Waals surface area contributed by atoms with Gasteiger partial charge in [-0.15, -0.1) is 0 Å². The van der Waals surface area contributed by atoms with Gasteiger partial charge in [-0.05, 0) is 56.3 Å². The molecule has 0 amide bonds. The van der Waals surface area contributed by atoms with Crippen molar-refractivity contribution in [2.75, 3.05) is 13.2 Å². The average molecular weight is 324 g/mol. The quantitative estimate of drug-likeness (QED) is 0.625. The molecule has 4 fully saturated rings. The van der Waals surface area contributed by atoms with E-state index in [1.165, 1.54) is 0 Å². The van der Waals surface area contributed by atoms with Crippen molar-refractivity contribution < 1.29 is 32.2 Å². The van der Waals surface area contributed by atoms with Crippen LogP contribution in [0, 0.1) is 23.2 Å². The van der Waals surface area contributed by atoms with Crippen LogP contribution in [0.1, 0.15) is 38.5 Å². The molecular weight excluding hydrogens is 304 g/mol. The van der Waals surface area contributed by atoms with Crippen LogP contribution in [0.4, 0.5) is 17.6 Å². The highest BCUT2D eigenvalue weighted by Gasteiger charge is 2.59. The first-order valence-corrected chi connectivity index (χ1v) is 7.71. The highest BCUT2D eigenvalue weighted by atomic mass is 19.3. The van der Waals surface area contributed by atoms with E-state index < -0.39 is 36.4 Å². The minimum absolute atomic E-state index is 0.429. The molecule has 0 aromatic heterocycles. The van der Waals surface area contributed by atoms with E-state index in [4.69, 9.17) is 5.11 Å². The molecule has 0 radical (unpaired) electrons. The molecule has 0 heterocycles. The predicted octanol–water partition coefficient (Wildman–Crippen LogP) is 3.01. The molecule has 4 bridgehead atoms. The van der Waals surface area contributed by atoms with Gasteiger partial charge in [0.2, 0.25) is 0 Å². The number of aliphatic hydroxyl groups is 1. The molecule has 4 saturated carbocycles. The van der Waals surface area contributed by atoms with Crippen molar-refractivity contribution in [2.24, 2.45) is 23.2 Å². The molecule has 4 aliphatic carbocycles. The summed E-state index contributed by atoms with van der Waals surface area (Å²) in [5.41, 5.74) is -0.751. The lowest BCUT2D eigenvalue weighted by molar-refractivity contribution is -0.247. The molecule has 0 aromatic rings. The summed E-state index contributed by atoms with van der Waals surface area (Å²) in [6.45, 7) is -3.66. The number of alkyl halides is 4. The van der Waals surface area contributed by atoms with E-state index in [1.54, 1.807) is 0 Å². The Hall–Kier alpha value is -0.850. The van der Waals surface area contributed by atoms with E-state index in [2.05, 4.69) is 4.74 Å². The van der Waals surface area contributed by atoms with Gasteiger partial charge in [0, 0.05) is 0 Å². The molecule has 126 valence electrons. The summed E-state index contributed by atoms with van der Waals surface area (Å²) in [5, 5.41) is 8.35. The molecule has 4 aliphatic rings. The number of ether oxygens (including phenoxy) is 1. The SMILES string of the molecule is O=C(OCC(F)(F)C(F)(F)CO)C12CC3CC(CC(C3)C1)C2. The molecule has 0 spiro atoms. The summed E-state index contributed by atoms with van der Waals surface area (Å²) < 4.78 is 57.2. The summed E-state index contributed by atoms with van der Waals surface area (Å²) in [6.07, 6.45) is 5.10. The molecule has 4 rings (SSSR count). The lowest BCUT2D eigenvalue weighted by atomic mass is 9.49. The molecule has 1 N–H and O–H groups in total. The first kappa shape index (κ1) is 16.0. The van der Waals surface area contributed by atoms with Crippen molar-refractivity contribution in [3.8, 4) is 0 Å². The van der Waals surface area contributed by atoms with Crippen LogP contribution in [-0.2, 0) is 9.53 Å². The summed E-state index contributed by atoms with van der Waals surface area (Å²) in [5.74, 6) is -8.62. The van der Waals surface area contributed by atoms with Crippen molar-refractivity contribution in [3.05, 3.63) is 0 Å². The Morgan fingerprint density at radius 2 is 1.45 bits per heavy atom. The van der Waals surface area contributed by atoms with Gasteiger partial charge in [-0.1, -0.05) is 0 Å². The van der Waals surface area contributed by atoms with Crippen LogP contribution in [0.15, 0.2) is 0 Å². The molecule has 0 aromatic carbocycles. The van der Waals surface area contributed by atoms with Crippen molar-refractivity contribution in [2.45, 2.75) is 50.4 Å². The Kier molecular flexibility index (Phi) is 3.70. The lowest BCUT2D eigenvalue weighted by Gasteiger charge is -2.55. The normalized spacial score (nSPS) is 37.4. The fourth-order valence-electron chi connectivity index (χ4n) is 4.89. The Morgan fingerprint density at radius 3 is 1.86 bits per heavy atom. The van der Waals surface area contributed by atoms with Crippen LogP contribution in [-0.4, -0.2) is 36.1 Å². The van der Waals surface area contributed by atoms with Crippen LogP contribution < -0.4 is 0 Å². The Morgan fingerprint density at radius 1 is 1.00 bits per heavy atom. The fraction of sp³-hybridized carbons (Fsp3) is 0.933. The summed E-state index contributed by atoms with van der Waals surface area (Å²) in [7, 11) is 0. The first-order valence-electron chi connectivity index (χ1n) is 7.71. The van der Waals surface area contributed by atoms with Gasteiger partial charge < -0.3 is 9.84 Å². The molecule has 0 unspecified atom stereocenters. The van der Waals surface area contributed by atoms with Gasteiger partial charge in [-0.2, -0.15) is 17.6 Å². The zero-order valence-electron chi connectivity index (χ0n) is 12.2. The van der Waals surface area contributed by atoms with E-state index in [1.807, 2.05) is 0 Å². The van der Waals surface area contributed by atoms with Gasteiger partial charge in [0.15, 0.2) is 6.61 Å². The zero-order valence-corrected chi connectivity index (χ0v) is 12.2. The van der Waals surface area contributed by atoms with Crippen LogP contribution in [0.3, 0.4) is 0 Å². The third-order valence-corrected chi connectivity index (χ3v) is 5.59. The van der Waals surface area contributed by atoms with Crippen molar-refractivity contribution in [3.63, 3.8) is 0 Å². The van der Waals surface area contributed by atoms with Crippen LogP contribution >= 0.6 is 0 Å². The topological polar surface area (TPSA) is 46.5 Å². The number of carbonyl (C=O) groups is 1. The highest BCUT2D eigenvalue weighted by Crippen LogP contribution is 2.60. The first-order chi connectivity index (χ1) is 10.2. The number of halogens is 4. The molecule has 7 heteroatoms. The summed E-state index contributed by atoms with van der Waals surface area (Å²) in [4.78, 5) is 12.3. The number of hydrogen-bond acceptors (Lipinski definition) is 3. The third kappa shape index (κ3) is 2.51. The van der Waals surface area contributed by atoms with E-state index >= 15 is 0 Å². The average Bonchev–Trinajstić information content (AvgIpc) is 2.43. The smallest absolute Gasteiger partial charge is 0.345 e. The van der Waals surface area contributed by atoms with Gasteiger partial charge in [-0.25, -0.2) is 0 Å². The lowest BCUT2D eigenvalue weighted by Crippen LogP contribution is -2.52. The molecule has 3 nitrogen and oxygen atoms in total.